The third-order valence-corrected chi connectivity index (χ3v) is 6.36. The number of hydrogen-bond donors (Lipinski definition) is 1. The molecule has 1 saturated heterocycles. The number of hydrogen-bond acceptors (Lipinski definition) is 7. The van der Waals surface area contributed by atoms with E-state index in [2.05, 4.69) is 15.5 Å². The third-order valence-electron chi connectivity index (χ3n) is 4.25. The average molecular weight is 369 g/mol. The van der Waals surface area contributed by atoms with Crippen LogP contribution in [0.25, 0.3) is 0 Å². The van der Waals surface area contributed by atoms with Crippen LogP contribution < -0.4 is 0 Å². The highest BCUT2D eigenvalue weighted by atomic mass is 32.2. The van der Waals surface area contributed by atoms with Gasteiger partial charge in [-0.25, -0.2) is 13.2 Å². The second kappa shape index (κ2) is 6.56. The molecule has 0 bridgehead atoms. The van der Waals surface area contributed by atoms with Gasteiger partial charge >= 0.3 is 5.97 Å². The summed E-state index contributed by atoms with van der Waals surface area (Å²) in [6.07, 6.45) is 2.90. The van der Waals surface area contributed by atoms with E-state index in [-0.39, 0.29) is 22.3 Å². The minimum atomic E-state index is -3.68. The van der Waals surface area contributed by atoms with Gasteiger partial charge in [-0.1, -0.05) is 10.4 Å². The molecule has 1 fully saturated rings. The van der Waals surface area contributed by atoms with Crippen LogP contribution in [0.2, 0.25) is 0 Å². The van der Waals surface area contributed by atoms with E-state index in [1.54, 1.807) is 13.8 Å². The van der Waals surface area contributed by atoms with E-state index in [1.165, 1.54) is 15.2 Å². The first-order valence-corrected chi connectivity index (χ1v) is 9.29. The molecule has 0 saturated carbocycles. The molecule has 2 aromatic rings. The second-order valence-electron chi connectivity index (χ2n) is 6.16. The van der Waals surface area contributed by atoms with E-state index in [0.29, 0.717) is 31.7 Å². The first-order valence-electron chi connectivity index (χ1n) is 7.85. The van der Waals surface area contributed by atoms with E-state index in [1.807, 2.05) is 0 Å². The average Bonchev–Trinajstić information content (AvgIpc) is 3.15. The number of nitrogens with zero attached hydrogens (tertiary/aromatic N) is 5. The summed E-state index contributed by atoms with van der Waals surface area (Å²) in [5, 5.41) is 20.0. The van der Waals surface area contributed by atoms with E-state index in [0.717, 1.165) is 6.42 Å². The monoisotopic (exact) mass is 369 g/mol. The lowest BCUT2D eigenvalue weighted by Crippen LogP contribution is -2.41. The number of rotatable bonds is 5. The van der Waals surface area contributed by atoms with Crippen LogP contribution in [-0.2, 0) is 16.6 Å². The van der Waals surface area contributed by atoms with E-state index >= 15 is 0 Å². The number of aromatic carboxylic acids is 1. The van der Waals surface area contributed by atoms with Gasteiger partial charge in [0.1, 0.15) is 10.6 Å². The van der Waals surface area contributed by atoms with Crippen LogP contribution in [0, 0.1) is 19.8 Å². The van der Waals surface area contributed by atoms with Crippen molar-refractivity contribution in [2.24, 2.45) is 5.92 Å². The van der Waals surface area contributed by atoms with Crippen LogP contribution in [0.4, 0.5) is 0 Å². The maximum atomic E-state index is 12.9. The van der Waals surface area contributed by atoms with Crippen LogP contribution in [0.1, 0.15) is 34.8 Å². The Labute approximate surface area is 144 Å². The van der Waals surface area contributed by atoms with Crippen molar-refractivity contribution in [2.45, 2.75) is 38.1 Å². The fourth-order valence-electron chi connectivity index (χ4n) is 3.12. The Morgan fingerprint density at radius 3 is 2.80 bits per heavy atom. The standard InChI is InChI=1S/C14H19N5O5S/c1-9-13(10(2)24-16-9)25(22,23)19-5-3-4-11(7-19)6-18-8-12(14(20)21)15-17-18/h8,11H,3-7H2,1-2H3,(H,20,21)/t11-/m1/s1. The van der Waals surface area contributed by atoms with Crippen molar-refractivity contribution in [3.8, 4) is 0 Å². The summed E-state index contributed by atoms with van der Waals surface area (Å²) in [7, 11) is -3.68. The molecule has 136 valence electrons. The topological polar surface area (TPSA) is 131 Å². The number of carbonyl (C=O) groups is 1. The molecule has 0 spiro atoms. The zero-order chi connectivity index (χ0) is 18.2. The molecule has 25 heavy (non-hydrogen) atoms. The Hall–Kier alpha value is -2.27. The highest BCUT2D eigenvalue weighted by Gasteiger charge is 2.34. The largest absolute Gasteiger partial charge is 0.476 e. The van der Waals surface area contributed by atoms with E-state index in [4.69, 9.17) is 9.63 Å². The van der Waals surface area contributed by atoms with E-state index < -0.39 is 16.0 Å². The normalized spacial score (nSPS) is 19.2. The molecule has 0 aliphatic carbocycles. The summed E-state index contributed by atoms with van der Waals surface area (Å²) in [6, 6.07) is 0. The number of carboxylic acids is 1. The molecule has 1 N–H and O–H groups in total. The lowest BCUT2D eigenvalue weighted by atomic mass is 10.00. The zero-order valence-corrected chi connectivity index (χ0v) is 14.7. The van der Waals surface area contributed by atoms with Crippen molar-refractivity contribution >= 4 is 16.0 Å². The van der Waals surface area contributed by atoms with Crippen LogP contribution in [0.3, 0.4) is 0 Å². The van der Waals surface area contributed by atoms with Gasteiger partial charge in [-0.2, -0.15) is 4.31 Å². The Kier molecular flexibility index (Phi) is 4.60. The Morgan fingerprint density at radius 1 is 1.44 bits per heavy atom. The number of carboxylic acid groups (broad SMARTS) is 1. The Morgan fingerprint density at radius 2 is 2.20 bits per heavy atom. The molecule has 0 radical (unpaired) electrons. The van der Waals surface area contributed by atoms with Crippen molar-refractivity contribution in [3.05, 3.63) is 23.3 Å². The van der Waals surface area contributed by atoms with Crippen LogP contribution >= 0.6 is 0 Å². The van der Waals surface area contributed by atoms with Gasteiger partial charge in [0.15, 0.2) is 11.5 Å². The summed E-state index contributed by atoms with van der Waals surface area (Å²) < 4.78 is 33.7. The molecule has 0 aromatic carbocycles. The van der Waals surface area contributed by atoms with Gasteiger partial charge in [-0.05, 0) is 32.6 Å². The Bertz CT molecular complexity index is 868. The SMILES string of the molecule is Cc1noc(C)c1S(=O)(=O)N1CCC[C@H](Cn2cc(C(=O)O)nn2)C1. The van der Waals surface area contributed by atoms with Crippen LogP contribution in [0.5, 0.6) is 0 Å². The van der Waals surface area contributed by atoms with Crippen LogP contribution in [0.15, 0.2) is 15.6 Å². The van der Waals surface area contributed by atoms with Crippen molar-refractivity contribution in [2.75, 3.05) is 13.1 Å². The smallest absolute Gasteiger partial charge is 0.358 e. The molecular formula is C14H19N5O5S. The van der Waals surface area contributed by atoms with Gasteiger partial charge in [0, 0.05) is 19.6 Å². The lowest BCUT2D eigenvalue weighted by Gasteiger charge is -2.31. The van der Waals surface area contributed by atoms with Crippen molar-refractivity contribution in [3.63, 3.8) is 0 Å². The van der Waals surface area contributed by atoms with Gasteiger partial charge in [0.2, 0.25) is 10.0 Å². The highest BCUT2D eigenvalue weighted by molar-refractivity contribution is 7.89. The zero-order valence-electron chi connectivity index (χ0n) is 13.9. The molecule has 11 heteroatoms. The predicted molar refractivity (Wildman–Crippen MR) is 84.4 cm³/mol. The molecule has 3 heterocycles. The molecule has 10 nitrogen and oxygen atoms in total. The summed E-state index contributed by atoms with van der Waals surface area (Å²) in [4.78, 5) is 11.0. The lowest BCUT2D eigenvalue weighted by molar-refractivity contribution is 0.0690. The van der Waals surface area contributed by atoms with Gasteiger partial charge in [0.05, 0.1) is 6.20 Å². The van der Waals surface area contributed by atoms with Gasteiger partial charge < -0.3 is 9.63 Å². The molecular weight excluding hydrogens is 350 g/mol. The van der Waals surface area contributed by atoms with Crippen molar-refractivity contribution in [1.82, 2.24) is 24.5 Å². The summed E-state index contributed by atoms with van der Waals surface area (Å²) >= 11 is 0. The highest BCUT2D eigenvalue weighted by Crippen LogP contribution is 2.28. The number of sulfonamides is 1. The summed E-state index contributed by atoms with van der Waals surface area (Å²) in [6.45, 7) is 4.36. The third kappa shape index (κ3) is 3.42. The summed E-state index contributed by atoms with van der Waals surface area (Å²) in [5.41, 5.74) is 0.220. The minimum Gasteiger partial charge on any atom is -0.476 e. The molecule has 1 aliphatic heterocycles. The number of aromatic nitrogens is 4. The molecule has 0 unspecified atom stereocenters. The fourth-order valence-corrected chi connectivity index (χ4v) is 4.96. The minimum absolute atomic E-state index is 0.0207. The summed E-state index contributed by atoms with van der Waals surface area (Å²) in [5.74, 6) is -0.841. The molecule has 2 aromatic heterocycles. The maximum Gasteiger partial charge on any atom is 0.358 e. The molecule has 3 rings (SSSR count). The van der Waals surface area contributed by atoms with E-state index in [9.17, 15) is 13.2 Å². The first kappa shape index (κ1) is 17.5. The predicted octanol–water partition coefficient (Wildman–Crippen LogP) is 0.682. The number of piperidine rings is 1. The first-order chi connectivity index (χ1) is 11.8. The van der Waals surface area contributed by atoms with Gasteiger partial charge in [-0.15, -0.1) is 5.10 Å². The number of aryl methyl sites for hydroxylation is 2. The van der Waals surface area contributed by atoms with Gasteiger partial charge in [0.25, 0.3) is 0 Å². The van der Waals surface area contributed by atoms with Gasteiger partial charge in [-0.3, -0.25) is 4.68 Å². The second-order valence-corrected chi connectivity index (χ2v) is 8.03. The molecule has 1 aliphatic rings. The molecule has 1 atom stereocenters. The van der Waals surface area contributed by atoms with Crippen LogP contribution in [-0.4, -0.2) is 57.0 Å². The molecule has 0 amide bonds. The van der Waals surface area contributed by atoms with Crippen molar-refractivity contribution < 1.29 is 22.8 Å². The fraction of sp³-hybridized carbons (Fsp3) is 0.571. The Balaban J connectivity index is 1.75. The quantitative estimate of drug-likeness (QED) is 0.814. The van der Waals surface area contributed by atoms with Crippen molar-refractivity contribution in [1.29, 1.82) is 0 Å². The maximum absolute atomic E-state index is 12.9.